The summed E-state index contributed by atoms with van der Waals surface area (Å²) in [5.74, 6) is -0.184. The average Bonchev–Trinajstić information content (AvgIpc) is 3.07. The van der Waals surface area contributed by atoms with Crippen LogP contribution < -0.4 is 10.6 Å². The van der Waals surface area contributed by atoms with Crippen molar-refractivity contribution in [2.75, 3.05) is 11.9 Å². The molecule has 2 aromatic rings. The molecule has 1 aliphatic rings. The Balaban J connectivity index is 1.66. The fraction of sp³-hybridized carbons (Fsp3) is 0.381. The third kappa shape index (κ3) is 4.18. The van der Waals surface area contributed by atoms with Gasteiger partial charge in [-0.1, -0.05) is 31.0 Å². The Bertz CT molecular complexity index is 749. The van der Waals surface area contributed by atoms with Gasteiger partial charge in [-0.25, -0.2) is 4.39 Å². The second kappa shape index (κ2) is 7.52. The van der Waals surface area contributed by atoms with Gasteiger partial charge in [0.2, 0.25) is 0 Å². The molecule has 0 aliphatic heterocycles. The lowest BCUT2D eigenvalue weighted by molar-refractivity contribution is 0.434. The standard InChI is InChI=1S/C21H25FN2S/c1-15-5-10-19(13-16(15)2)24-20(25)23-14-21(11-3-4-12-21)17-6-8-18(22)9-7-17/h5-10,13H,3-4,11-12,14H2,1-2H3,(H2,23,24,25). The van der Waals surface area contributed by atoms with Crippen LogP contribution in [0.2, 0.25) is 0 Å². The molecule has 0 spiro atoms. The van der Waals surface area contributed by atoms with Gasteiger partial charge in [-0.15, -0.1) is 0 Å². The molecule has 2 aromatic carbocycles. The van der Waals surface area contributed by atoms with Gasteiger partial charge in [-0.2, -0.15) is 0 Å². The van der Waals surface area contributed by atoms with Crippen molar-refractivity contribution in [2.24, 2.45) is 0 Å². The largest absolute Gasteiger partial charge is 0.362 e. The first-order valence-corrected chi connectivity index (χ1v) is 9.27. The summed E-state index contributed by atoms with van der Waals surface area (Å²) in [5.41, 5.74) is 4.76. The van der Waals surface area contributed by atoms with Crippen LogP contribution in [0.25, 0.3) is 0 Å². The van der Waals surface area contributed by atoms with E-state index in [0.717, 1.165) is 25.1 Å². The van der Waals surface area contributed by atoms with Crippen LogP contribution in [0.1, 0.15) is 42.4 Å². The topological polar surface area (TPSA) is 24.1 Å². The van der Waals surface area contributed by atoms with Crippen LogP contribution in [0.5, 0.6) is 0 Å². The normalized spacial score (nSPS) is 15.8. The van der Waals surface area contributed by atoms with Gasteiger partial charge < -0.3 is 10.6 Å². The van der Waals surface area contributed by atoms with E-state index in [4.69, 9.17) is 12.2 Å². The zero-order valence-electron chi connectivity index (χ0n) is 14.9. The molecule has 0 amide bonds. The third-order valence-electron chi connectivity index (χ3n) is 5.37. The molecule has 0 bridgehead atoms. The van der Waals surface area contributed by atoms with E-state index in [-0.39, 0.29) is 11.2 Å². The first-order chi connectivity index (χ1) is 12.0. The van der Waals surface area contributed by atoms with Gasteiger partial charge in [0.15, 0.2) is 5.11 Å². The molecular formula is C21H25FN2S. The van der Waals surface area contributed by atoms with Crippen LogP contribution in [-0.4, -0.2) is 11.7 Å². The number of thiocarbonyl (C=S) groups is 1. The average molecular weight is 357 g/mol. The maximum atomic E-state index is 13.3. The lowest BCUT2D eigenvalue weighted by Crippen LogP contribution is -2.40. The Morgan fingerprint density at radius 1 is 1.04 bits per heavy atom. The zero-order chi connectivity index (χ0) is 17.9. The number of hydrogen-bond acceptors (Lipinski definition) is 1. The van der Waals surface area contributed by atoms with Crippen molar-refractivity contribution in [3.8, 4) is 0 Å². The second-order valence-electron chi connectivity index (χ2n) is 7.10. The summed E-state index contributed by atoms with van der Waals surface area (Å²) in [7, 11) is 0. The van der Waals surface area contributed by atoms with Gasteiger partial charge >= 0.3 is 0 Å². The molecule has 3 rings (SSSR count). The Hall–Kier alpha value is -1.94. The van der Waals surface area contributed by atoms with E-state index in [2.05, 4.69) is 36.6 Å². The van der Waals surface area contributed by atoms with Crippen LogP contribution in [0.15, 0.2) is 42.5 Å². The quantitative estimate of drug-likeness (QED) is 0.733. The molecular weight excluding hydrogens is 331 g/mol. The van der Waals surface area contributed by atoms with Crippen molar-refractivity contribution in [1.82, 2.24) is 5.32 Å². The molecule has 2 nitrogen and oxygen atoms in total. The third-order valence-corrected chi connectivity index (χ3v) is 5.62. The van der Waals surface area contributed by atoms with E-state index in [1.54, 1.807) is 12.1 Å². The number of aryl methyl sites for hydroxylation is 2. The number of benzene rings is 2. The van der Waals surface area contributed by atoms with Crippen LogP contribution in [0, 0.1) is 19.7 Å². The maximum Gasteiger partial charge on any atom is 0.170 e. The van der Waals surface area contributed by atoms with E-state index in [9.17, 15) is 4.39 Å². The fourth-order valence-corrected chi connectivity index (χ4v) is 3.86. The Kier molecular flexibility index (Phi) is 5.38. The van der Waals surface area contributed by atoms with Crippen molar-refractivity contribution in [1.29, 1.82) is 0 Å². The highest BCUT2D eigenvalue weighted by Gasteiger charge is 2.35. The molecule has 1 saturated carbocycles. The molecule has 25 heavy (non-hydrogen) atoms. The summed E-state index contributed by atoms with van der Waals surface area (Å²) in [6.07, 6.45) is 4.63. The fourth-order valence-electron chi connectivity index (χ4n) is 3.67. The molecule has 0 unspecified atom stereocenters. The number of hydrogen-bond donors (Lipinski definition) is 2. The van der Waals surface area contributed by atoms with E-state index in [1.807, 2.05) is 18.2 Å². The Labute approximate surface area is 154 Å². The van der Waals surface area contributed by atoms with Crippen LogP contribution in [0.4, 0.5) is 10.1 Å². The van der Waals surface area contributed by atoms with E-state index >= 15 is 0 Å². The maximum absolute atomic E-state index is 13.3. The highest BCUT2D eigenvalue weighted by Crippen LogP contribution is 2.40. The predicted molar refractivity (Wildman–Crippen MR) is 107 cm³/mol. The lowest BCUT2D eigenvalue weighted by Gasteiger charge is -2.30. The summed E-state index contributed by atoms with van der Waals surface area (Å²) in [6, 6.07) is 13.2. The predicted octanol–water partition coefficient (Wildman–Crippen LogP) is 5.24. The summed E-state index contributed by atoms with van der Waals surface area (Å²) in [5, 5.41) is 7.30. The molecule has 0 atom stereocenters. The van der Waals surface area contributed by atoms with E-state index in [0.29, 0.717) is 5.11 Å². The number of nitrogens with one attached hydrogen (secondary N) is 2. The number of rotatable bonds is 4. The lowest BCUT2D eigenvalue weighted by atomic mass is 9.79. The minimum atomic E-state index is -0.184. The minimum absolute atomic E-state index is 0.0443. The van der Waals surface area contributed by atoms with Gasteiger partial charge in [0.25, 0.3) is 0 Å². The minimum Gasteiger partial charge on any atom is -0.362 e. The van der Waals surface area contributed by atoms with Crippen LogP contribution in [0.3, 0.4) is 0 Å². The highest BCUT2D eigenvalue weighted by molar-refractivity contribution is 7.80. The first kappa shape index (κ1) is 17.9. The summed E-state index contributed by atoms with van der Waals surface area (Å²) >= 11 is 5.48. The Morgan fingerprint density at radius 3 is 2.36 bits per heavy atom. The highest BCUT2D eigenvalue weighted by atomic mass is 32.1. The molecule has 1 fully saturated rings. The monoisotopic (exact) mass is 356 g/mol. The van der Waals surface area contributed by atoms with Gasteiger partial charge in [0.05, 0.1) is 0 Å². The zero-order valence-corrected chi connectivity index (χ0v) is 15.7. The smallest absolute Gasteiger partial charge is 0.170 e. The number of anilines is 1. The molecule has 132 valence electrons. The first-order valence-electron chi connectivity index (χ1n) is 8.87. The van der Waals surface area contributed by atoms with Crippen molar-refractivity contribution in [3.63, 3.8) is 0 Å². The molecule has 1 aliphatic carbocycles. The number of halogens is 1. The van der Waals surface area contributed by atoms with Gasteiger partial charge in [-0.05, 0) is 79.9 Å². The Morgan fingerprint density at radius 2 is 1.72 bits per heavy atom. The summed E-state index contributed by atoms with van der Waals surface area (Å²) in [4.78, 5) is 0. The van der Waals surface area contributed by atoms with Crippen LogP contribution in [-0.2, 0) is 5.41 Å². The molecule has 0 saturated heterocycles. The van der Waals surface area contributed by atoms with Crippen LogP contribution >= 0.6 is 12.2 Å². The molecule has 4 heteroatoms. The van der Waals surface area contributed by atoms with E-state index < -0.39 is 0 Å². The van der Waals surface area contributed by atoms with E-state index in [1.165, 1.54) is 29.5 Å². The van der Waals surface area contributed by atoms with Crippen molar-refractivity contribution < 1.29 is 4.39 Å². The molecule has 0 radical (unpaired) electrons. The SMILES string of the molecule is Cc1ccc(NC(=S)NCC2(c3ccc(F)cc3)CCCC2)cc1C. The summed E-state index contributed by atoms with van der Waals surface area (Å²) < 4.78 is 13.3. The van der Waals surface area contributed by atoms with Gasteiger partial charge in [0, 0.05) is 17.6 Å². The molecule has 0 heterocycles. The van der Waals surface area contributed by atoms with Crippen molar-refractivity contribution in [3.05, 3.63) is 65.0 Å². The summed E-state index contributed by atoms with van der Waals surface area (Å²) in [6.45, 7) is 4.97. The second-order valence-corrected chi connectivity index (χ2v) is 7.51. The van der Waals surface area contributed by atoms with Crippen molar-refractivity contribution >= 4 is 23.0 Å². The van der Waals surface area contributed by atoms with Crippen molar-refractivity contribution in [2.45, 2.75) is 44.9 Å². The molecule has 0 aromatic heterocycles. The molecule has 2 N–H and O–H groups in total. The van der Waals surface area contributed by atoms with Gasteiger partial charge in [-0.3, -0.25) is 0 Å². The van der Waals surface area contributed by atoms with Gasteiger partial charge in [0.1, 0.15) is 5.82 Å².